The Kier molecular flexibility index (Phi) is 5.27. The Morgan fingerprint density at radius 2 is 1.57 bits per heavy atom. The van der Waals surface area contributed by atoms with E-state index in [0.29, 0.717) is 11.8 Å². The van der Waals surface area contributed by atoms with E-state index in [9.17, 15) is 0 Å². The lowest BCUT2D eigenvalue weighted by molar-refractivity contribution is 0.634. The summed E-state index contributed by atoms with van der Waals surface area (Å²) >= 11 is 0. The van der Waals surface area contributed by atoms with E-state index >= 15 is 0 Å². The average Bonchev–Trinajstić information content (AvgIpc) is 3.12. The van der Waals surface area contributed by atoms with Crippen molar-refractivity contribution in [2.24, 2.45) is 7.05 Å². The van der Waals surface area contributed by atoms with E-state index in [1.54, 1.807) is 0 Å². The molecule has 0 saturated heterocycles. The Hall–Kier alpha value is -3.06. The van der Waals surface area contributed by atoms with Gasteiger partial charge < -0.3 is 4.57 Å². The van der Waals surface area contributed by atoms with Crippen LogP contribution in [-0.4, -0.2) is 4.57 Å². The van der Waals surface area contributed by atoms with Crippen molar-refractivity contribution in [3.63, 3.8) is 0 Å². The lowest BCUT2D eigenvalue weighted by atomic mass is 9.81. The molecule has 1 heteroatoms. The molecule has 5 rings (SSSR count). The van der Waals surface area contributed by atoms with Crippen LogP contribution in [-0.2, 0) is 13.5 Å². The van der Waals surface area contributed by atoms with Crippen molar-refractivity contribution in [1.29, 1.82) is 0 Å². The molecule has 0 spiro atoms. The minimum absolute atomic E-state index is 0.330. The summed E-state index contributed by atoms with van der Waals surface area (Å²) in [6.45, 7) is 0. The summed E-state index contributed by atoms with van der Waals surface area (Å²) in [5, 5.41) is 1.42. The van der Waals surface area contributed by atoms with Gasteiger partial charge in [0.1, 0.15) is 0 Å². The number of hydrogen-bond acceptors (Lipinski definition) is 0. The summed E-state index contributed by atoms with van der Waals surface area (Å²) in [4.78, 5) is 0. The van der Waals surface area contributed by atoms with Crippen LogP contribution in [0, 0.1) is 0 Å². The van der Waals surface area contributed by atoms with Crippen molar-refractivity contribution in [2.45, 2.75) is 37.5 Å². The highest BCUT2D eigenvalue weighted by atomic mass is 15.0. The first-order valence-corrected chi connectivity index (χ1v) is 11.2. The topological polar surface area (TPSA) is 4.93 Å². The molecule has 30 heavy (non-hydrogen) atoms. The van der Waals surface area contributed by atoms with Gasteiger partial charge in [0.15, 0.2) is 0 Å². The molecule has 0 aliphatic heterocycles. The molecular formula is C29H29N. The second kappa shape index (κ2) is 8.36. The molecule has 1 nitrogen and oxygen atoms in total. The predicted octanol–water partition coefficient (Wildman–Crippen LogP) is 7.38. The van der Waals surface area contributed by atoms with Crippen molar-refractivity contribution < 1.29 is 0 Å². The molecule has 3 aromatic carbocycles. The zero-order valence-electron chi connectivity index (χ0n) is 17.7. The van der Waals surface area contributed by atoms with E-state index in [0.717, 1.165) is 6.42 Å². The molecular weight excluding hydrogens is 362 g/mol. The van der Waals surface area contributed by atoms with Crippen LogP contribution < -0.4 is 0 Å². The highest BCUT2D eigenvalue weighted by Crippen LogP contribution is 2.42. The first kappa shape index (κ1) is 18.9. The second-order valence-corrected chi connectivity index (χ2v) is 8.49. The third kappa shape index (κ3) is 3.50. The molecule has 1 aromatic heterocycles. The molecule has 150 valence electrons. The van der Waals surface area contributed by atoms with Gasteiger partial charge in [-0.1, -0.05) is 91.0 Å². The van der Waals surface area contributed by atoms with Gasteiger partial charge >= 0.3 is 0 Å². The summed E-state index contributed by atoms with van der Waals surface area (Å²) in [7, 11) is 2.26. The molecule has 0 unspecified atom stereocenters. The average molecular weight is 392 g/mol. The molecule has 0 bridgehead atoms. The molecule has 4 aromatic rings. The number of nitrogens with zero attached hydrogens (tertiary/aromatic N) is 1. The fourth-order valence-corrected chi connectivity index (χ4v) is 5.21. The van der Waals surface area contributed by atoms with E-state index in [1.165, 1.54) is 52.5 Å². The van der Waals surface area contributed by atoms with E-state index in [4.69, 9.17) is 0 Å². The number of aromatic nitrogens is 1. The first-order chi connectivity index (χ1) is 14.8. The summed E-state index contributed by atoms with van der Waals surface area (Å²) in [5.41, 5.74) is 7.14. The lowest BCUT2D eigenvalue weighted by Gasteiger charge is -2.25. The smallest absolute Gasteiger partial charge is 0.0483 e. The van der Waals surface area contributed by atoms with E-state index in [-0.39, 0.29) is 0 Å². The molecule has 0 fully saturated rings. The Bertz CT molecular complexity index is 1150. The molecule has 0 saturated carbocycles. The number of rotatable bonds is 5. The number of hydrogen-bond donors (Lipinski definition) is 0. The minimum Gasteiger partial charge on any atom is -0.347 e. The third-order valence-electron chi connectivity index (χ3n) is 6.63. The molecule has 1 aliphatic rings. The number of para-hydroxylation sites is 1. The van der Waals surface area contributed by atoms with Crippen molar-refractivity contribution in [3.8, 4) is 0 Å². The highest BCUT2D eigenvalue weighted by Gasteiger charge is 2.28. The van der Waals surface area contributed by atoms with E-state index in [1.807, 2.05) is 0 Å². The van der Waals surface area contributed by atoms with E-state index in [2.05, 4.69) is 109 Å². The third-order valence-corrected chi connectivity index (χ3v) is 6.63. The second-order valence-electron chi connectivity index (χ2n) is 8.49. The quantitative estimate of drug-likeness (QED) is 0.313. The van der Waals surface area contributed by atoms with Crippen LogP contribution in [0.25, 0.3) is 10.9 Å². The van der Waals surface area contributed by atoms with Crippen molar-refractivity contribution in [1.82, 2.24) is 4.57 Å². The van der Waals surface area contributed by atoms with Crippen LogP contribution in [0.3, 0.4) is 0 Å². The Labute approximate surface area is 179 Å². The first-order valence-electron chi connectivity index (χ1n) is 11.2. The Morgan fingerprint density at radius 3 is 2.30 bits per heavy atom. The maximum atomic E-state index is 2.47. The fraction of sp³-hybridized carbons (Fsp3) is 0.241. The number of benzene rings is 3. The van der Waals surface area contributed by atoms with Crippen LogP contribution in [0.15, 0.2) is 97.1 Å². The van der Waals surface area contributed by atoms with Gasteiger partial charge in [0, 0.05) is 35.5 Å². The summed E-state index contributed by atoms with van der Waals surface area (Å²) in [6, 6.07) is 31.0. The van der Waals surface area contributed by atoms with Gasteiger partial charge in [0.05, 0.1) is 0 Å². The number of allylic oxidation sites excluding steroid dienone is 2. The maximum Gasteiger partial charge on any atom is 0.0483 e. The van der Waals surface area contributed by atoms with Gasteiger partial charge in [0.2, 0.25) is 0 Å². The van der Waals surface area contributed by atoms with Gasteiger partial charge in [-0.15, -0.1) is 0 Å². The van der Waals surface area contributed by atoms with E-state index < -0.39 is 0 Å². The van der Waals surface area contributed by atoms with Crippen molar-refractivity contribution in [2.75, 3.05) is 0 Å². The normalized spacial score (nSPS) is 17.3. The lowest BCUT2D eigenvalue weighted by Crippen LogP contribution is -2.14. The van der Waals surface area contributed by atoms with Crippen LogP contribution in [0.2, 0.25) is 0 Å². The van der Waals surface area contributed by atoms with Crippen LogP contribution >= 0.6 is 0 Å². The van der Waals surface area contributed by atoms with Crippen LogP contribution in [0.4, 0.5) is 0 Å². The molecule has 1 heterocycles. The van der Waals surface area contributed by atoms with Gasteiger partial charge in [0.25, 0.3) is 0 Å². The Balaban J connectivity index is 1.74. The summed E-state index contributed by atoms with van der Waals surface area (Å²) < 4.78 is 2.47. The number of fused-ring (bicyclic) bond motifs is 1. The monoisotopic (exact) mass is 391 g/mol. The van der Waals surface area contributed by atoms with Crippen molar-refractivity contribution in [3.05, 3.63) is 119 Å². The predicted molar refractivity (Wildman–Crippen MR) is 127 cm³/mol. The Morgan fingerprint density at radius 1 is 0.867 bits per heavy atom. The van der Waals surface area contributed by atoms with Gasteiger partial charge in [-0.3, -0.25) is 0 Å². The minimum atomic E-state index is 0.330. The summed E-state index contributed by atoms with van der Waals surface area (Å²) in [5.74, 6) is 0.832. The van der Waals surface area contributed by atoms with Gasteiger partial charge in [-0.2, -0.15) is 0 Å². The zero-order chi connectivity index (χ0) is 20.3. The molecule has 1 aliphatic carbocycles. The SMILES string of the molecule is Cn1c([C@H](Cc2ccccc2)c2ccccc2)c([C@H]2C=CCCC2)c2ccccc21. The fourth-order valence-electron chi connectivity index (χ4n) is 5.21. The number of aryl methyl sites for hydroxylation is 1. The summed E-state index contributed by atoms with van der Waals surface area (Å²) in [6.07, 6.45) is 9.58. The van der Waals surface area contributed by atoms with Gasteiger partial charge in [-0.05, 0) is 48.4 Å². The molecule has 0 N–H and O–H groups in total. The molecule has 0 radical (unpaired) electrons. The van der Waals surface area contributed by atoms with Crippen LogP contribution in [0.1, 0.15) is 53.5 Å². The molecule has 0 amide bonds. The highest BCUT2D eigenvalue weighted by molar-refractivity contribution is 5.87. The standard InChI is InChI=1S/C29H29N/c1-30-27-20-12-11-19-25(27)28(24-17-9-4-10-18-24)29(30)26(23-15-7-3-8-16-23)21-22-13-5-2-6-14-22/h2-3,5-9,11-17,19-20,24,26H,4,10,18,21H2,1H3/t24-,26+/m0/s1. The van der Waals surface area contributed by atoms with Crippen molar-refractivity contribution >= 4 is 10.9 Å². The zero-order valence-corrected chi connectivity index (χ0v) is 17.7. The molecule has 2 atom stereocenters. The maximum absolute atomic E-state index is 2.47. The van der Waals surface area contributed by atoms with Gasteiger partial charge in [-0.25, -0.2) is 0 Å². The largest absolute Gasteiger partial charge is 0.347 e. The van der Waals surface area contributed by atoms with Crippen LogP contribution in [0.5, 0.6) is 0 Å².